The maximum Gasteiger partial charge on any atom is 0.259 e. The summed E-state index contributed by atoms with van der Waals surface area (Å²) in [6, 6.07) is 16.7. The van der Waals surface area contributed by atoms with E-state index in [1.807, 2.05) is 62.4 Å². The lowest BCUT2D eigenvalue weighted by atomic mass is 10.1. The summed E-state index contributed by atoms with van der Waals surface area (Å²) in [5.41, 5.74) is 4.03. The number of aryl methyl sites for hydroxylation is 2. The first-order valence-electron chi connectivity index (χ1n) is 9.52. The Kier molecular flexibility index (Phi) is 5.46. The fourth-order valence-electron chi connectivity index (χ4n) is 3.41. The van der Waals surface area contributed by atoms with Gasteiger partial charge in [-0.1, -0.05) is 23.7 Å². The molecular weight excluding hydrogens is 400 g/mol. The Bertz CT molecular complexity index is 1270. The monoisotopic (exact) mass is 420 g/mol. The SMILES string of the molecule is COc1ccc(-c2nc3ccccc3c(=O)[nH]2)cc1COc1cc(C)c(Cl)c(C)c1. The quantitative estimate of drug-likeness (QED) is 0.466. The van der Waals surface area contributed by atoms with Crippen molar-refractivity contribution >= 4 is 22.5 Å². The van der Waals surface area contributed by atoms with Crippen LogP contribution in [0.15, 0.2) is 59.4 Å². The third-order valence-electron chi connectivity index (χ3n) is 4.97. The number of halogens is 1. The summed E-state index contributed by atoms with van der Waals surface area (Å²) in [6.45, 7) is 4.20. The molecular formula is C24H21ClN2O3. The number of nitrogens with zero attached hydrogens (tertiary/aromatic N) is 1. The molecule has 0 unspecified atom stereocenters. The molecule has 1 N–H and O–H groups in total. The van der Waals surface area contributed by atoms with Crippen LogP contribution in [0.5, 0.6) is 11.5 Å². The highest BCUT2D eigenvalue weighted by atomic mass is 35.5. The van der Waals surface area contributed by atoms with Crippen LogP contribution in [0.1, 0.15) is 16.7 Å². The van der Waals surface area contributed by atoms with Crippen molar-refractivity contribution in [2.45, 2.75) is 20.5 Å². The molecule has 0 saturated heterocycles. The number of para-hydroxylation sites is 1. The van der Waals surface area contributed by atoms with Crippen LogP contribution < -0.4 is 15.0 Å². The molecule has 5 nitrogen and oxygen atoms in total. The van der Waals surface area contributed by atoms with Crippen LogP contribution >= 0.6 is 11.6 Å². The van der Waals surface area contributed by atoms with E-state index in [0.717, 1.165) is 33.0 Å². The fourth-order valence-corrected chi connectivity index (χ4v) is 3.52. The van der Waals surface area contributed by atoms with Gasteiger partial charge in [-0.3, -0.25) is 4.79 Å². The number of hydrogen-bond acceptors (Lipinski definition) is 4. The van der Waals surface area contributed by atoms with E-state index < -0.39 is 0 Å². The normalized spacial score (nSPS) is 10.9. The lowest BCUT2D eigenvalue weighted by Crippen LogP contribution is -2.09. The molecule has 0 fully saturated rings. The number of hydrogen-bond donors (Lipinski definition) is 1. The van der Waals surface area contributed by atoms with Gasteiger partial charge < -0.3 is 14.5 Å². The third-order valence-corrected chi connectivity index (χ3v) is 5.57. The minimum atomic E-state index is -0.170. The van der Waals surface area contributed by atoms with Crippen molar-refractivity contribution in [3.63, 3.8) is 0 Å². The van der Waals surface area contributed by atoms with Crippen molar-refractivity contribution in [2.24, 2.45) is 0 Å². The maximum atomic E-state index is 12.4. The number of H-pyrrole nitrogens is 1. The molecule has 0 amide bonds. The predicted molar refractivity (Wildman–Crippen MR) is 120 cm³/mol. The van der Waals surface area contributed by atoms with Crippen LogP contribution in [-0.2, 0) is 6.61 Å². The molecule has 0 spiro atoms. The summed E-state index contributed by atoms with van der Waals surface area (Å²) in [4.78, 5) is 19.9. The van der Waals surface area contributed by atoms with Gasteiger partial charge in [-0.25, -0.2) is 4.98 Å². The van der Waals surface area contributed by atoms with Crippen LogP contribution in [0, 0.1) is 13.8 Å². The topological polar surface area (TPSA) is 64.2 Å². The molecule has 0 atom stereocenters. The molecule has 4 rings (SSSR count). The molecule has 152 valence electrons. The Morgan fingerprint density at radius 1 is 1.03 bits per heavy atom. The molecule has 6 heteroatoms. The molecule has 1 heterocycles. The number of aromatic nitrogens is 2. The van der Waals surface area contributed by atoms with Crippen molar-refractivity contribution in [3.05, 3.63) is 86.7 Å². The van der Waals surface area contributed by atoms with Crippen molar-refractivity contribution in [3.8, 4) is 22.9 Å². The van der Waals surface area contributed by atoms with Crippen molar-refractivity contribution in [1.82, 2.24) is 9.97 Å². The highest BCUT2D eigenvalue weighted by Crippen LogP contribution is 2.29. The van der Waals surface area contributed by atoms with E-state index in [4.69, 9.17) is 21.1 Å². The first-order chi connectivity index (χ1) is 14.5. The Morgan fingerprint density at radius 2 is 1.77 bits per heavy atom. The zero-order valence-electron chi connectivity index (χ0n) is 17.0. The number of aromatic amines is 1. The van der Waals surface area contributed by atoms with Gasteiger partial charge in [-0.05, 0) is 67.4 Å². The minimum absolute atomic E-state index is 0.170. The second-order valence-corrected chi connectivity index (χ2v) is 7.50. The smallest absolute Gasteiger partial charge is 0.259 e. The summed E-state index contributed by atoms with van der Waals surface area (Å²) in [5, 5.41) is 1.31. The summed E-state index contributed by atoms with van der Waals surface area (Å²) < 4.78 is 11.5. The molecule has 0 aliphatic rings. The summed E-state index contributed by atoms with van der Waals surface area (Å²) in [6.07, 6.45) is 0. The minimum Gasteiger partial charge on any atom is -0.496 e. The van der Waals surface area contributed by atoms with E-state index in [-0.39, 0.29) is 5.56 Å². The fraction of sp³-hybridized carbons (Fsp3) is 0.167. The predicted octanol–water partition coefficient (Wildman–Crippen LogP) is 5.45. The van der Waals surface area contributed by atoms with Crippen molar-refractivity contribution < 1.29 is 9.47 Å². The number of fused-ring (bicyclic) bond motifs is 1. The molecule has 30 heavy (non-hydrogen) atoms. The molecule has 0 saturated carbocycles. The summed E-state index contributed by atoms with van der Waals surface area (Å²) in [5.74, 6) is 1.93. The number of benzene rings is 3. The molecule has 0 aliphatic carbocycles. The molecule has 0 radical (unpaired) electrons. The van der Waals surface area contributed by atoms with Crippen LogP contribution in [-0.4, -0.2) is 17.1 Å². The van der Waals surface area contributed by atoms with E-state index in [1.54, 1.807) is 13.2 Å². The Labute approximate surface area is 179 Å². The number of nitrogens with one attached hydrogen (secondary N) is 1. The molecule has 4 aromatic rings. The molecule has 1 aromatic heterocycles. The Hall–Kier alpha value is -3.31. The van der Waals surface area contributed by atoms with Gasteiger partial charge in [0.05, 0.1) is 18.0 Å². The van der Waals surface area contributed by atoms with E-state index in [2.05, 4.69) is 9.97 Å². The van der Waals surface area contributed by atoms with Crippen molar-refractivity contribution in [1.29, 1.82) is 0 Å². The number of ether oxygens (including phenoxy) is 2. The molecule has 0 bridgehead atoms. The van der Waals surface area contributed by atoms with Crippen molar-refractivity contribution in [2.75, 3.05) is 7.11 Å². The number of rotatable bonds is 5. The average Bonchev–Trinajstić information content (AvgIpc) is 2.75. The van der Waals surface area contributed by atoms with Gasteiger partial charge in [-0.15, -0.1) is 0 Å². The second kappa shape index (κ2) is 8.20. The Balaban J connectivity index is 1.68. The van der Waals surface area contributed by atoms with Gasteiger partial charge in [0.15, 0.2) is 0 Å². The first kappa shape index (κ1) is 20.0. The lowest BCUT2D eigenvalue weighted by Gasteiger charge is -2.14. The van der Waals surface area contributed by atoms with Gasteiger partial charge in [0.1, 0.15) is 23.9 Å². The zero-order valence-corrected chi connectivity index (χ0v) is 17.7. The lowest BCUT2D eigenvalue weighted by molar-refractivity contribution is 0.296. The highest BCUT2D eigenvalue weighted by molar-refractivity contribution is 6.32. The van der Waals surface area contributed by atoms with Crippen LogP contribution in [0.4, 0.5) is 0 Å². The van der Waals surface area contributed by atoms with Gasteiger partial charge in [0, 0.05) is 16.1 Å². The standard InChI is InChI=1S/C24H21ClN2O3/c1-14-10-18(11-15(2)22(14)25)30-13-17-12-16(8-9-21(17)29-3)23-26-20-7-5-4-6-19(20)24(28)27-23/h4-12H,13H2,1-3H3,(H,26,27,28). The number of methoxy groups -OCH3 is 1. The van der Waals surface area contributed by atoms with Gasteiger partial charge >= 0.3 is 0 Å². The van der Waals surface area contributed by atoms with E-state index in [1.165, 1.54) is 0 Å². The largest absolute Gasteiger partial charge is 0.496 e. The van der Waals surface area contributed by atoms with Gasteiger partial charge in [-0.2, -0.15) is 0 Å². The van der Waals surface area contributed by atoms with Crippen LogP contribution in [0.2, 0.25) is 5.02 Å². The zero-order chi connectivity index (χ0) is 21.3. The first-order valence-corrected chi connectivity index (χ1v) is 9.90. The highest BCUT2D eigenvalue weighted by Gasteiger charge is 2.11. The second-order valence-electron chi connectivity index (χ2n) is 7.12. The van der Waals surface area contributed by atoms with Gasteiger partial charge in [0.2, 0.25) is 0 Å². The van der Waals surface area contributed by atoms with E-state index >= 15 is 0 Å². The van der Waals surface area contributed by atoms with Crippen LogP contribution in [0.3, 0.4) is 0 Å². The molecule has 3 aromatic carbocycles. The van der Waals surface area contributed by atoms with E-state index in [0.29, 0.717) is 29.1 Å². The molecule has 0 aliphatic heterocycles. The van der Waals surface area contributed by atoms with Gasteiger partial charge in [0.25, 0.3) is 5.56 Å². The van der Waals surface area contributed by atoms with E-state index in [9.17, 15) is 4.79 Å². The third kappa shape index (κ3) is 3.89. The average molecular weight is 421 g/mol. The summed E-state index contributed by atoms with van der Waals surface area (Å²) in [7, 11) is 1.62. The Morgan fingerprint density at radius 3 is 2.50 bits per heavy atom. The van der Waals surface area contributed by atoms with Crippen LogP contribution in [0.25, 0.3) is 22.3 Å². The summed E-state index contributed by atoms with van der Waals surface area (Å²) >= 11 is 6.25. The maximum absolute atomic E-state index is 12.4.